The molecule has 3 nitrogen and oxygen atoms in total. The largest absolute Gasteiger partial charge is 0.454 e. The van der Waals surface area contributed by atoms with Crippen LogP contribution in [0.3, 0.4) is 0 Å². The van der Waals surface area contributed by atoms with Gasteiger partial charge in [0, 0.05) is 32.1 Å². The van der Waals surface area contributed by atoms with Crippen molar-refractivity contribution in [3.63, 3.8) is 0 Å². The van der Waals surface area contributed by atoms with Gasteiger partial charge in [-0.1, -0.05) is 60.7 Å². The second-order valence-corrected chi connectivity index (χ2v) is 9.64. The topological polar surface area (TPSA) is 40.8 Å². The molecule has 0 fully saturated rings. The maximum absolute atomic E-state index is 14.7. The van der Waals surface area contributed by atoms with Crippen molar-refractivity contribution in [2.75, 3.05) is 0 Å². The molecule has 38 heavy (non-hydrogen) atoms. The molecule has 6 rings (SSSR count). The van der Waals surface area contributed by atoms with Gasteiger partial charge in [-0.15, -0.1) is 0 Å². The summed E-state index contributed by atoms with van der Waals surface area (Å²) in [4.78, 5) is 0. The highest BCUT2D eigenvalue weighted by molar-refractivity contribution is 6.14. The Morgan fingerprint density at radius 2 is 1.55 bits per heavy atom. The van der Waals surface area contributed by atoms with Gasteiger partial charge in [0.2, 0.25) is 5.69 Å². The summed E-state index contributed by atoms with van der Waals surface area (Å²) >= 11 is 0. The van der Waals surface area contributed by atoms with E-state index in [9.17, 15) is 9.65 Å². The Labute approximate surface area is 225 Å². The first kappa shape index (κ1) is 20.3. The van der Waals surface area contributed by atoms with E-state index in [1.54, 1.807) is 31.3 Å². The summed E-state index contributed by atoms with van der Waals surface area (Å²) in [5.41, 5.74) is 6.98. The Balaban J connectivity index is 1.67. The molecule has 0 bridgehead atoms. The third kappa shape index (κ3) is 3.67. The SMILES string of the molecule is [2H]C([2H])([2H])c1cc(-c2c(C#N)ccc3c2oc2c(-c4cc(F)c(C)c[n+]4C)c(C)ccc23)ccc1-c1ccccc1. The van der Waals surface area contributed by atoms with E-state index in [0.717, 1.165) is 27.5 Å². The Morgan fingerprint density at radius 3 is 2.29 bits per heavy atom. The zero-order valence-electron chi connectivity index (χ0n) is 24.3. The number of aromatic nitrogens is 1. The molecule has 0 atom stereocenters. The Kier molecular flexibility index (Phi) is 4.80. The zero-order valence-corrected chi connectivity index (χ0v) is 21.3. The fourth-order valence-corrected chi connectivity index (χ4v) is 5.28. The fraction of sp³-hybridized carbons (Fsp3) is 0.118. The average Bonchev–Trinajstić information content (AvgIpc) is 3.33. The highest BCUT2D eigenvalue weighted by Crippen LogP contribution is 2.42. The summed E-state index contributed by atoms with van der Waals surface area (Å²) in [6.45, 7) is 1.29. The number of aryl methyl sites for hydroxylation is 4. The average molecular weight is 501 g/mol. The maximum atomic E-state index is 14.7. The monoisotopic (exact) mass is 500 g/mol. The smallest absolute Gasteiger partial charge is 0.219 e. The summed E-state index contributed by atoms with van der Waals surface area (Å²) in [6, 6.07) is 25.9. The molecule has 4 heteroatoms. The molecule has 0 spiro atoms. The summed E-state index contributed by atoms with van der Waals surface area (Å²) in [5, 5.41) is 11.7. The van der Waals surface area contributed by atoms with Crippen LogP contribution in [0.15, 0.2) is 89.5 Å². The number of rotatable bonds is 3. The molecule has 0 amide bonds. The van der Waals surface area contributed by atoms with Gasteiger partial charge in [-0.05, 0) is 60.6 Å². The van der Waals surface area contributed by atoms with Crippen molar-refractivity contribution in [2.45, 2.75) is 20.7 Å². The molecule has 4 aromatic carbocycles. The van der Waals surface area contributed by atoms with Crippen molar-refractivity contribution in [1.82, 2.24) is 0 Å². The molecule has 0 aliphatic carbocycles. The lowest BCUT2D eigenvalue weighted by atomic mass is 9.92. The summed E-state index contributed by atoms with van der Waals surface area (Å²) < 4.78 is 48.0. The number of fused-ring (bicyclic) bond motifs is 3. The van der Waals surface area contributed by atoms with Gasteiger partial charge in [-0.25, -0.2) is 8.96 Å². The minimum atomic E-state index is -2.38. The third-order valence-corrected chi connectivity index (χ3v) is 7.20. The number of nitriles is 1. The predicted octanol–water partition coefficient (Wildman–Crippen LogP) is 8.35. The number of halogens is 1. The van der Waals surface area contributed by atoms with Gasteiger partial charge >= 0.3 is 0 Å². The van der Waals surface area contributed by atoms with Crippen molar-refractivity contribution in [3.05, 3.63) is 113 Å². The molecular weight excluding hydrogens is 471 g/mol. The van der Waals surface area contributed by atoms with Crippen molar-refractivity contribution in [3.8, 4) is 39.6 Å². The van der Waals surface area contributed by atoms with Crippen molar-refractivity contribution in [2.24, 2.45) is 7.05 Å². The van der Waals surface area contributed by atoms with Crippen molar-refractivity contribution in [1.29, 1.82) is 5.26 Å². The van der Waals surface area contributed by atoms with E-state index in [-0.39, 0.29) is 11.4 Å². The van der Waals surface area contributed by atoms with Gasteiger partial charge in [-0.3, -0.25) is 0 Å². The first-order valence-electron chi connectivity index (χ1n) is 13.8. The zero-order chi connectivity index (χ0) is 29.1. The van der Waals surface area contributed by atoms with Gasteiger partial charge in [0.25, 0.3) is 0 Å². The van der Waals surface area contributed by atoms with E-state index in [4.69, 9.17) is 8.53 Å². The van der Waals surface area contributed by atoms with Crippen LogP contribution in [0.2, 0.25) is 0 Å². The minimum Gasteiger partial charge on any atom is -0.454 e. The summed E-state index contributed by atoms with van der Waals surface area (Å²) in [7, 11) is 1.87. The van der Waals surface area contributed by atoms with Gasteiger partial charge < -0.3 is 4.42 Å². The van der Waals surface area contributed by atoms with Gasteiger partial charge in [0.1, 0.15) is 24.0 Å². The molecular formula is C34H26FN2O+. The number of nitrogens with zero attached hydrogens (tertiary/aromatic N) is 2. The minimum absolute atomic E-state index is 0.192. The normalized spacial score (nSPS) is 12.8. The number of benzene rings is 4. The lowest BCUT2D eigenvalue weighted by molar-refractivity contribution is -0.661. The van der Waals surface area contributed by atoms with Gasteiger partial charge in [0.05, 0.1) is 17.2 Å². The summed E-state index contributed by atoms with van der Waals surface area (Å²) in [5.74, 6) is -0.311. The Morgan fingerprint density at radius 1 is 0.816 bits per heavy atom. The van der Waals surface area contributed by atoms with Crippen LogP contribution in [-0.2, 0) is 7.05 Å². The molecule has 0 saturated carbocycles. The molecule has 0 saturated heterocycles. The maximum Gasteiger partial charge on any atom is 0.219 e. The number of pyridine rings is 1. The van der Waals surface area contributed by atoms with Crippen LogP contribution in [0.1, 0.15) is 26.4 Å². The van der Waals surface area contributed by atoms with Crippen LogP contribution >= 0.6 is 0 Å². The predicted molar refractivity (Wildman–Crippen MR) is 150 cm³/mol. The van der Waals surface area contributed by atoms with Crippen LogP contribution in [0.4, 0.5) is 4.39 Å². The second kappa shape index (κ2) is 8.97. The van der Waals surface area contributed by atoms with Gasteiger partial charge in [0.15, 0.2) is 6.20 Å². The summed E-state index contributed by atoms with van der Waals surface area (Å²) in [6.07, 6.45) is 1.75. The first-order chi connectivity index (χ1) is 19.6. The Bertz CT molecular complexity index is 2040. The van der Waals surface area contributed by atoms with Crippen LogP contribution in [0, 0.1) is 37.8 Å². The molecule has 6 aromatic rings. The van der Waals surface area contributed by atoms with E-state index >= 15 is 0 Å². The van der Waals surface area contributed by atoms with E-state index in [1.807, 2.05) is 73.1 Å². The van der Waals surface area contributed by atoms with Crippen molar-refractivity contribution < 1.29 is 17.5 Å². The number of hydrogen-bond donors (Lipinski definition) is 0. The highest BCUT2D eigenvalue weighted by atomic mass is 19.1. The van der Waals surface area contributed by atoms with Gasteiger partial charge in [-0.2, -0.15) is 5.26 Å². The van der Waals surface area contributed by atoms with Crippen LogP contribution in [0.5, 0.6) is 0 Å². The third-order valence-electron chi connectivity index (χ3n) is 7.20. The molecule has 2 heterocycles. The van der Waals surface area contributed by atoms with E-state index < -0.39 is 6.85 Å². The standard InChI is InChI=1S/C34H26FN2O/c1-20-10-13-27-28-15-12-25(18-36)32(24-11-14-26(21(2)16-24)23-8-6-5-7-9-23)34(28)38-33(27)31(20)30-17-29(35)22(3)19-37(30)4/h5-17,19H,1-4H3/q+1/i2D3. The van der Waals surface area contributed by atoms with Crippen LogP contribution < -0.4 is 4.57 Å². The lowest BCUT2D eigenvalue weighted by Gasteiger charge is -2.11. The molecule has 2 aromatic heterocycles. The Hall–Kier alpha value is -4.75. The van der Waals surface area contributed by atoms with E-state index in [2.05, 4.69) is 6.07 Å². The molecule has 0 aliphatic heterocycles. The first-order valence-corrected chi connectivity index (χ1v) is 12.3. The number of furan rings is 1. The quantitative estimate of drug-likeness (QED) is 0.229. The molecule has 0 radical (unpaired) electrons. The van der Waals surface area contributed by atoms with Crippen LogP contribution in [-0.4, -0.2) is 0 Å². The fourth-order valence-electron chi connectivity index (χ4n) is 5.28. The number of hydrogen-bond acceptors (Lipinski definition) is 2. The van der Waals surface area contributed by atoms with E-state index in [0.29, 0.717) is 44.7 Å². The second-order valence-electron chi connectivity index (χ2n) is 9.64. The lowest BCUT2D eigenvalue weighted by Crippen LogP contribution is -2.31. The molecule has 184 valence electrons. The molecule has 0 aliphatic rings. The molecule has 0 N–H and O–H groups in total. The van der Waals surface area contributed by atoms with Crippen molar-refractivity contribution >= 4 is 21.9 Å². The van der Waals surface area contributed by atoms with Crippen LogP contribution in [0.25, 0.3) is 55.4 Å². The highest BCUT2D eigenvalue weighted by Gasteiger charge is 2.24. The van der Waals surface area contributed by atoms with E-state index in [1.165, 1.54) is 6.07 Å². The molecule has 0 unspecified atom stereocenters.